The van der Waals surface area contributed by atoms with E-state index in [1.807, 2.05) is 18.2 Å². The Kier molecular flexibility index (Phi) is 7.02. The Bertz CT molecular complexity index is 310. The average molecular weight is 250 g/mol. The first-order valence-corrected chi connectivity index (χ1v) is 7.65. The number of benzene rings is 1. The minimum Gasteiger partial charge on any atom is -0.303 e. The van der Waals surface area contributed by atoms with Gasteiger partial charge in [0.15, 0.2) is 0 Å². The maximum absolute atomic E-state index is 11.3. The van der Waals surface area contributed by atoms with E-state index in [2.05, 4.69) is 25.3 Å². The summed E-state index contributed by atoms with van der Waals surface area (Å²) in [5.41, 5.74) is 1.27. The van der Waals surface area contributed by atoms with Crippen LogP contribution in [-0.2, 0) is 4.79 Å². The average Bonchev–Trinajstić information content (AvgIpc) is 2.39. The molecular formula is C15H22OS. The van der Waals surface area contributed by atoms with Gasteiger partial charge in [0.1, 0.15) is 6.29 Å². The largest absolute Gasteiger partial charge is 0.303 e. The number of unbranched alkanes of at least 4 members (excludes halogenated alkanes) is 2. The fourth-order valence-electron chi connectivity index (χ4n) is 2.12. The first-order chi connectivity index (χ1) is 8.33. The van der Waals surface area contributed by atoms with Crippen LogP contribution in [-0.4, -0.2) is 12.5 Å². The van der Waals surface area contributed by atoms with Crippen LogP contribution < -0.4 is 0 Å². The van der Waals surface area contributed by atoms with Gasteiger partial charge in [-0.1, -0.05) is 56.5 Å². The van der Waals surface area contributed by atoms with Crippen molar-refractivity contribution in [2.24, 2.45) is 5.92 Å². The molecule has 0 aliphatic heterocycles. The Labute approximate surface area is 109 Å². The summed E-state index contributed by atoms with van der Waals surface area (Å²) in [6.07, 6.45) is 7.83. The van der Waals surface area contributed by atoms with Gasteiger partial charge in [-0.25, -0.2) is 0 Å². The lowest BCUT2D eigenvalue weighted by Crippen LogP contribution is -2.11. The van der Waals surface area contributed by atoms with E-state index in [9.17, 15) is 4.79 Å². The van der Waals surface area contributed by atoms with E-state index in [4.69, 9.17) is 0 Å². The monoisotopic (exact) mass is 250 g/mol. The Morgan fingerprint density at radius 3 is 2.47 bits per heavy atom. The molecule has 2 unspecified atom stereocenters. The van der Waals surface area contributed by atoms with Gasteiger partial charge in [-0.05, 0) is 18.2 Å². The second kappa shape index (κ2) is 8.35. The molecule has 2 atom stereocenters. The zero-order valence-electron chi connectivity index (χ0n) is 10.8. The van der Waals surface area contributed by atoms with E-state index in [0.29, 0.717) is 5.25 Å². The molecule has 0 radical (unpaired) electrons. The van der Waals surface area contributed by atoms with Crippen molar-refractivity contribution >= 4 is 18.0 Å². The van der Waals surface area contributed by atoms with Crippen LogP contribution in [0.4, 0.5) is 0 Å². The van der Waals surface area contributed by atoms with Crippen LogP contribution in [0.15, 0.2) is 30.3 Å². The summed E-state index contributed by atoms with van der Waals surface area (Å²) in [6.45, 7) is 2.19. The van der Waals surface area contributed by atoms with Gasteiger partial charge < -0.3 is 4.79 Å². The number of carbonyl (C=O) groups is 1. The van der Waals surface area contributed by atoms with Crippen LogP contribution in [0.3, 0.4) is 0 Å². The zero-order valence-corrected chi connectivity index (χ0v) is 11.6. The van der Waals surface area contributed by atoms with Crippen molar-refractivity contribution < 1.29 is 4.79 Å². The summed E-state index contributed by atoms with van der Waals surface area (Å²) >= 11 is 1.78. The Balaban J connectivity index is 2.66. The van der Waals surface area contributed by atoms with Crippen molar-refractivity contribution in [2.45, 2.75) is 37.9 Å². The van der Waals surface area contributed by atoms with Crippen molar-refractivity contribution in [3.8, 4) is 0 Å². The molecule has 94 valence electrons. The third-order valence-electron chi connectivity index (χ3n) is 3.09. The Hall–Kier alpha value is -0.760. The zero-order chi connectivity index (χ0) is 12.5. The fraction of sp³-hybridized carbons (Fsp3) is 0.533. The number of rotatable bonds is 8. The van der Waals surface area contributed by atoms with Gasteiger partial charge in [-0.2, -0.15) is 11.8 Å². The highest BCUT2D eigenvalue weighted by atomic mass is 32.2. The fourth-order valence-corrected chi connectivity index (χ4v) is 3.10. The molecule has 0 aromatic heterocycles. The Morgan fingerprint density at radius 1 is 1.24 bits per heavy atom. The van der Waals surface area contributed by atoms with Gasteiger partial charge in [0.2, 0.25) is 0 Å². The molecule has 1 nitrogen and oxygen atoms in total. The van der Waals surface area contributed by atoms with Gasteiger partial charge in [-0.15, -0.1) is 0 Å². The SMILES string of the molecule is CCCCCC(C=O)C(SC)c1ccccc1. The van der Waals surface area contributed by atoms with Crippen LogP contribution in [0.25, 0.3) is 0 Å². The van der Waals surface area contributed by atoms with Crippen LogP contribution in [0, 0.1) is 5.92 Å². The summed E-state index contributed by atoms with van der Waals surface area (Å²) in [6, 6.07) is 10.4. The molecule has 0 fully saturated rings. The summed E-state index contributed by atoms with van der Waals surface area (Å²) in [5, 5.41) is 0.311. The number of thioether (sulfide) groups is 1. The third kappa shape index (κ3) is 4.55. The molecule has 17 heavy (non-hydrogen) atoms. The molecule has 0 amide bonds. The van der Waals surface area contributed by atoms with Gasteiger partial charge in [0.05, 0.1) is 0 Å². The number of aldehydes is 1. The van der Waals surface area contributed by atoms with Crippen molar-refractivity contribution in [2.75, 3.05) is 6.26 Å². The topological polar surface area (TPSA) is 17.1 Å². The second-order valence-corrected chi connectivity index (χ2v) is 5.34. The number of carbonyl (C=O) groups excluding carboxylic acids is 1. The van der Waals surface area contributed by atoms with Gasteiger partial charge in [0.25, 0.3) is 0 Å². The molecular weight excluding hydrogens is 228 g/mol. The normalized spacial score (nSPS) is 14.2. The molecule has 0 N–H and O–H groups in total. The quantitative estimate of drug-likeness (QED) is 0.499. The van der Waals surface area contributed by atoms with E-state index >= 15 is 0 Å². The summed E-state index contributed by atoms with van der Waals surface area (Å²) in [5.74, 6) is 0.152. The summed E-state index contributed by atoms with van der Waals surface area (Å²) < 4.78 is 0. The van der Waals surface area contributed by atoms with E-state index in [-0.39, 0.29) is 5.92 Å². The standard InChI is InChI=1S/C15H22OS/c1-3-4-6-11-14(12-16)15(17-2)13-9-7-5-8-10-13/h5,7-10,12,14-15H,3-4,6,11H2,1-2H3. The van der Waals surface area contributed by atoms with Crippen LogP contribution >= 0.6 is 11.8 Å². The van der Waals surface area contributed by atoms with Crippen LogP contribution in [0.5, 0.6) is 0 Å². The highest BCUT2D eigenvalue weighted by Gasteiger charge is 2.21. The molecule has 0 spiro atoms. The van der Waals surface area contributed by atoms with Crippen molar-refractivity contribution in [3.05, 3.63) is 35.9 Å². The number of hydrogen-bond donors (Lipinski definition) is 0. The predicted molar refractivity (Wildman–Crippen MR) is 76.4 cm³/mol. The smallest absolute Gasteiger partial charge is 0.124 e. The third-order valence-corrected chi connectivity index (χ3v) is 4.22. The highest BCUT2D eigenvalue weighted by molar-refractivity contribution is 7.98. The van der Waals surface area contributed by atoms with E-state index in [0.717, 1.165) is 19.1 Å². The highest BCUT2D eigenvalue weighted by Crippen LogP contribution is 2.35. The first kappa shape index (κ1) is 14.3. The lowest BCUT2D eigenvalue weighted by atomic mass is 9.94. The molecule has 0 bridgehead atoms. The molecule has 0 saturated heterocycles. The van der Waals surface area contributed by atoms with E-state index in [1.54, 1.807) is 11.8 Å². The summed E-state index contributed by atoms with van der Waals surface area (Å²) in [7, 11) is 0. The van der Waals surface area contributed by atoms with Gasteiger partial charge in [-0.3, -0.25) is 0 Å². The van der Waals surface area contributed by atoms with Gasteiger partial charge in [0, 0.05) is 11.2 Å². The molecule has 2 heteroatoms. The predicted octanol–water partition coefficient (Wildman–Crippen LogP) is 4.49. The van der Waals surface area contributed by atoms with Crippen LogP contribution in [0.2, 0.25) is 0 Å². The second-order valence-electron chi connectivity index (χ2n) is 4.36. The lowest BCUT2D eigenvalue weighted by molar-refractivity contribution is -0.111. The van der Waals surface area contributed by atoms with Crippen molar-refractivity contribution in [1.82, 2.24) is 0 Å². The molecule has 0 aliphatic rings. The van der Waals surface area contributed by atoms with E-state index in [1.165, 1.54) is 18.4 Å². The maximum Gasteiger partial charge on any atom is 0.124 e. The Morgan fingerprint density at radius 2 is 1.94 bits per heavy atom. The molecule has 1 aromatic carbocycles. The number of hydrogen-bond acceptors (Lipinski definition) is 2. The minimum atomic E-state index is 0.152. The maximum atomic E-state index is 11.3. The lowest BCUT2D eigenvalue weighted by Gasteiger charge is -2.21. The van der Waals surface area contributed by atoms with Crippen molar-refractivity contribution in [1.29, 1.82) is 0 Å². The molecule has 0 saturated carbocycles. The molecule has 0 aliphatic carbocycles. The van der Waals surface area contributed by atoms with E-state index < -0.39 is 0 Å². The molecule has 1 aromatic rings. The van der Waals surface area contributed by atoms with Crippen LogP contribution in [0.1, 0.15) is 43.4 Å². The summed E-state index contributed by atoms with van der Waals surface area (Å²) in [4.78, 5) is 11.3. The molecule has 1 rings (SSSR count). The van der Waals surface area contributed by atoms with Crippen molar-refractivity contribution in [3.63, 3.8) is 0 Å². The first-order valence-electron chi connectivity index (χ1n) is 6.36. The minimum absolute atomic E-state index is 0.152. The van der Waals surface area contributed by atoms with Gasteiger partial charge >= 0.3 is 0 Å². The molecule has 0 heterocycles.